The standard InChI is InChI=1S/C12H19NO2S/c1-12(14,11-5-3-7-16-11)9-13-10-4-2-6-15-8-10/h3,5,7,10,13-14H,2,4,6,8-9H2,1H3. The maximum absolute atomic E-state index is 10.3. The highest BCUT2D eigenvalue weighted by Crippen LogP contribution is 2.24. The molecule has 3 nitrogen and oxygen atoms in total. The van der Waals surface area contributed by atoms with Gasteiger partial charge in [0.05, 0.1) is 6.61 Å². The van der Waals surface area contributed by atoms with Crippen LogP contribution >= 0.6 is 11.3 Å². The molecule has 1 aromatic heterocycles. The van der Waals surface area contributed by atoms with E-state index in [9.17, 15) is 5.11 Å². The van der Waals surface area contributed by atoms with E-state index in [1.165, 1.54) is 0 Å². The summed E-state index contributed by atoms with van der Waals surface area (Å²) in [7, 11) is 0. The maximum Gasteiger partial charge on any atom is 0.108 e. The third kappa shape index (κ3) is 3.04. The molecule has 2 N–H and O–H groups in total. The molecule has 1 saturated heterocycles. The van der Waals surface area contributed by atoms with Crippen molar-refractivity contribution in [2.24, 2.45) is 0 Å². The number of nitrogens with one attached hydrogen (secondary N) is 1. The van der Waals surface area contributed by atoms with E-state index < -0.39 is 5.60 Å². The smallest absolute Gasteiger partial charge is 0.108 e. The van der Waals surface area contributed by atoms with Gasteiger partial charge in [-0.2, -0.15) is 0 Å². The number of thiophene rings is 1. The average molecular weight is 241 g/mol. The molecule has 1 fully saturated rings. The third-order valence-electron chi connectivity index (χ3n) is 2.95. The van der Waals surface area contributed by atoms with Gasteiger partial charge in [-0.3, -0.25) is 0 Å². The normalized spacial score (nSPS) is 25.2. The van der Waals surface area contributed by atoms with Crippen LogP contribution in [0.15, 0.2) is 17.5 Å². The van der Waals surface area contributed by atoms with Crippen molar-refractivity contribution in [3.63, 3.8) is 0 Å². The van der Waals surface area contributed by atoms with Crippen LogP contribution in [0.25, 0.3) is 0 Å². The van der Waals surface area contributed by atoms with Gasteiger partial charge in [0.25, 0.3) is 0 Å². The van der Waals surface area contributed by atoms with E-state index in [2.05, 4.69) is 5.32 Å². The first-order chi connectivity index (χ1) is 7.68. The zero-order chi connectivity index (χ0) is 11.4. The van der Waals surface area contributed by atoms with Crippen LogP contribution in [0.3, 0.4) is 0 Å². The minimum atomic E-state index is -0.772. The summed E-state index contributed by atoms with van der Waals surface area (Å²) in [6, 6.07) is 4.34. The summed E-state index contributed by atoms with van der Waals surface area (Å²) >= 11 is 1.60. The van der Waals surface area contributed by atoms with Gasteiger partial charge >= 0.3 is 0 Å². The van der Waals surface area contributed by atoms with Crippen LogP contribution < -0.4 is 5.32 Å². The number of rotatable bonds is 4. The SMILES string of the molecule is CC(O)(CNC1CCCOC1)c1cccs1. The molecule has 4 heteroatoms. The van der Waals surface area contributed by atoms with E-state index in [4.69, 9.17) is 4.74 Å². The Morgan fingerprint density at radius 2 is 2.56 bits per heavy atom. The summed E-state index contributed by atoms with van der Waals surface area (Å²) in [6.45, 7) is 4.08. The predicted octanol–water partition coefficient (Wildman–Crippen LogP) is 1.72. The Bertz CT molecular complexity index is 305. The highest BCUT2D eigenvalue weighted by Gasteiger charge is 2.25. The van der Waals surface area contributed by atoms with Gasteiger partial charge in [0.2, 0.25) is 0 Å². The van der Waals surface area contributed by atoms with Crippen molar-refractivity contribution in [3.05, 3.63) is 22.4 Å². The quantitative estimate of drug-likeness (QED) is 0.843. The minimum Gasteiger partial charge on any atom is -0.383 e. The van der Waals surface area contributed by atoms with Gasteiger partial charge < -0.3 is 15.2 Å². The lowest BCUT2D eigenvalue weighted by Crippen LogP contribution is -2.44. The van der Waals surface area contributed by atoms with Crippen LogP contribution in [0.2, 0.25) is 0 Å². The van der Waals surface area contributed by atoms with E-state index in [1.54, 1.807) is 11.3 Å². The summed E-state index contributed by atoms with van der Waals surface area (Å²) in [5, 5.41) is 15.7. The van der Waals surface area contributed by atoms with Crippen molar-refractivity contribution < 1.29 is 9.84 Å². The molecule has 90 valence electrons. The summed E-state index contributed by atoms with van der Waals surface area (Å²) in [5.74, 6) is 0. The first kappa shape index (κ1) is 12.0. The molecule has 0 aliphatic carbocycles. The van der Waals surface area contributed by atoms with Crippen LogP contribution in [0.5, 0.6) is 0 Å². The monoisotopic (exact) mass is 241 g/mol. The summed E-state index contributed by atoms with van der Waals surface area (Å²) in [4.78, 5) is 1.01. The lowest BCUT2D eigenvalue weighted by molar-refractivity contribution is 0.0347. The first-order valence-corrected chi connectivity index (χ1v) is 6.64. The van der Waals surface area contributed by atoms with E-state index in [1.807, 2.05) is 24.4 Å². The van der Waals surface area contributed by atoms with Crippen LogP contribution in [-0.4, -0.2) is 30.9 Å². The van der Waals surface area contributed by atoms with E-state index >= 15 is 0 Å². The average Bonchev–Trinajstić information content (AvgIpc) is 2.82. The predicted molar refractivity (Wildman–Crippen MR) is 65.7 cm³/mol. The van der Waals surface area contributed by atoms with E-state index in [0.29, 0.717) is 12.6 Å². The molecular formula is C12H19NO2S. The molecule has 0 amide bonds. The van der Waals surface area contributed by atoms with Crippen molar-refractivity contribution in [1.29, 1.82) is 0 Å². The van der Waals surface area contributed by atoms with Gasteiger partial charge in [0, 0.05) is 24.1 Å². The Hall–Kier alpha value is -0.420. The number of hydrogen-bond donors (Lipinski definition) is 2. The molecular weight excluding hydrogens is 222 g/mol. The van der Waals surface area contributed by atoms with Crippen LogP contribution in [0.4, 0.5) is 0 Å². The number of hydrogen-bond acceptors (Lipinski definition) is 4. The Morgan fingerprint density at radius 3 is 3.19 bits per heavy atom. The van der Waals surface area contributed by atoms with Crippen molar-refractivity contribution >= 4 is 11.3 Å². The molecule has 1 aliphatic heterocycles. The number of ether oxygens (including phenoxy) is 1. The molecule has 1 aliphatic rings. The molecule has 2 rings (SSSR count). The highest BCUT2D eigenvalue weighted by atomic mass is 32.1. The summed E-state index contributed by atoms with van der Waals surface area (Å²) in [6.07, 6.45) is 2.25. The Labute approximate surface area is 100 Å². The van der Waals surface area contributed by atoms with Gasteiger partial charge in [0.15, 0.2) is 0 Å². The zero-order valence-corrected chi connectivity index (χ0v) is 10.4. The molecule has 16 heavy (non-hydrogen) atoms. The Morgan fingerprint density at radius 1 is 1.69 bits per heavy atom. The third-order valence-corrected chi connectivity index (χ3v) is 4.07. The fourth-order valence-corrected chi connectivity index (χ4v) is 2.70. The fraction of sp³-hybridized carbons (Fsp3) is 0.667. The van der Waals surface area contributed by atoms with Gasteiger partial charge in [-0.15, -0.1) is 11.3 Å². The van der Waals surface area contributed by atoms with Crippen molar-refractivity contribution in [2.45, 2.75) is 31.4 Å². The topological polar surface area (TPSA) is 41.5 Å². The fourth-order valence-electron chi connectivity index (χ4n) is 1.92. The molecule has 1 aromatic rings. The second kappa shape index (κ2) is 5.27. The Kier molecular flexibility index (Phi) is 3.97. The number of aliphatic hydroxyl groups is 1. The first-order valence-electron chi connectivity index (χ1n) is 5.76. The lowest BCUT2D eigenvalue weighted by Gasteiger charge is -2.28. The Balaban J connectivity index is 1.84. The molecule has 0 saturated carbocycles. The summed E-state index contributed by atoms with van der Waals surface area (Å²) in [5.41, 5.74) is -0.772. The lowest BCUT2D eigenvalue weighted by atomic mass is 10.0. The van der Waals surface area contributed by atoms with Crippen LogP contribution in [0, 0.1) is 0 Å². The molecule has 0 radical (unpaired) electrons. The van der Waals surface area contributed by atoms with Gasteiger partial charge in [-0.1, -0.05) is 6.07 Å². The molecule has 2 heterocycles. The van der Waals surface area contributed by atoms with Crippen LogP contribution in [-0.2, 0) is 10.3 Å². The highest BCUT2D eigenvalue weighted by molar-refractivity contribution is 7.10. The van der Waals surface area contributed by atoms with E-state index in [0.717, 1.165) is 30.9 Å². The van der Waals surface area contributed by atoms with Crippen molar-refractivity contribution in [2.75, 3.05) is 19.8 Å². The summed E-state index contributed by atoms with van der Waals surface area (Å²) < 4.78 is 5.40. The van der Waals surface area contributed by atoms with Gasteiger partial charge in [0.1, 0.15) is 5.60 Å². The minimum absolute atomic E-state index is 0.389. The van der Waals surface area contributed by atoms with Crippen molar-refractivity contribution in [1.82, 2.24) is 5.32 Å². The molecule has 2 atom stereocenters. The van der Waals surface area contributed by atoms with Crippen molar-refractivity contribution in [3.8, 4) is 0 Å². The van der Waals surface area contributed by atoms with E-state index in [-0.39, 0.29) is 0 Å². The van der Waals surface area contributed by atoms with Gasteiger partial charge in [-0.25, -0.2) is 0 Å². The largest absolute Gasteiger partial charge is 0.383 e. The van der Waals surface area contributed by atoms with Crippen LogP contribution in [0.1, 0.15) is 24.6 Å². The van der Waals surface area contributed by atoms with Gasteiger partial charge in [-0.05, 0) is 31.2 Å². The molecule has 0 aromatic carbocycles. The zero-order valence-electron chi connectivity index (χ0n) is 9.61. The molecule has 0 spiro atoms. The molecule has 0 bridgehead atoms. The second-order valence-corrected chi connectivity index (χ2v) is 5.49. The second-order valence-electron chi connectivity index (χ2n) is 4.55. The maximum atomic E-state index is 10.3. The molecule has 2 unspecified atom stereocenters.